The maximum atomic E-state index is 12.2. The minimum absolute atomic E-state index is 0.0145. The summed E-state index contributed by atoms with van der Waals surface area (Å²) in [4.78, 5) is 15.4. The summed E-state index contributed by atoms with van der Waals surface area (Å²) in [7, 11) is 0. The molecule has 1 aliphatic heterocycles. The topological polar surface area (TPSA) is 58.4 Å². The van der Waals surface area contributed by atoms with E-state index >= 15 is 0 Å². The molecule has 0 radical (unpaired) electrons. The van der Waals surface area contributed by atoms with E-state index in [2.05, 4.69) is 17.1 Å². The predicted octanol–water partition coefficient (Wildman–Crippen LogP) is 3.19. The second-order valence-electron chi connectivity index (χ2n) is 6.21. The minimum Gasteiger partial charge on any atom is -0.397 e. The largest absolute Gasteiger partial charge is 0.397 e. The van der Waals surface area contributed by atoms with E-state index < -0.39 is 0 Å². The fourth-order valence-corrected chi connectivity index (χ4v) is 4.47. The quantitative estimate of drug-likeness (QED) is 0.878. The van der Waals surface area contributed by atoms with Gasteiger partial charge in [0.15, 0.2) is 0 Å². The van der Waals surface area contributed by atoms with Gasteiger partial charge in [-0.2, -0.15) is 0 Å². The number of nitrogen functional groups attached to an aromatic ring is 1. The number of thiophene rings is 1. The Morgan fingerprint density at radius 2 is 2.14 bits per heavy atom. The van der Waals surface area contributed by atoms with Gasteiger partial charge in [0, 0.05) is 25.2 Å². The van der Waals surface area contributed by atoms with Gasteiger partial charge in [-0.25, -0.2) is 0 Å². The SMILES string of the molecule is CCNC(=O)c1sc(N2CCC(CC)C2)c(C2CC2)c1N. The molecule has 3 N–H and O–H groups in total. The van der Waals surface area contributed by atoms with Crippen molar-refractivity contribution in [3.05, 3.63) is 10.4 Å². The molecule has 2 aliphatic rings. The molecule has 2 fully saturated rings. The van der Waals surface area contributed by atoms with E-state index in [9.17, 15) is 4.79 Å². The van der Waals surface area contributed by atoms with Gasteiger partial charge in [0.2, 0.25) is 0 Å². The highest BCUT2D eigenvalue weighted by Crippen LogP contribution is 2.52. The van der Waals surface area contributed by atoms with E-state index in [0.29, 0.717) is 17.3 Å². The first-order valence-electron chi connectivity index (χ1n) is 8.10. The van der Waals surface area contributed by atoms with E-state index in [-0.39, 0.29) is 5.91 Å². The normalized spacial score (nSPS) is 21.8. The third kappa shape index (κ3) is 2.76. The van der Waals surface area contributed by atoms with Crippen LogP contribution in [0.5, 0.6) is 0 Å². The van der Waals surface area contributed by atoms with E-state index in [0.717, 1.165) is 24.7 Å². The molecule has 1 atom stereocenters. The smallest absolute Gasteiger partial charge is 0.263 e. The molecule has 0 aromatic carbocycles. The van der Waals surface area contributed by atoms with Crippen molar-refractivity contribution in [2.24, 2.45) is 5.92 Å². The van der Waals surface area contributed by atoms with Crippen LogP contribution in [0.2, 0.25) is 0 Å². The highest BCUT2D eigenvalue weighted by atomic mass is 32.1. The zero-order valence-corrected chi connectivity index (χ0v) is 13.8. The van der Waals surface area contributed by atoms with Gasteiger partial charge < -0.3 is 16.0 Å². The number of hydrogen-bond acceptors (Lipinski definition) is 4. The predicted molar refractivity (Wildman–Crippen MR) is 89.3 cm³/mol. The summed E-state index contributed by atoms with van der Waals surface area (Å²) >= 11 is 1.60. The maximum Gasteiger partial charge on any atom is 0.263 e. The third-order valence-corrected chi connectivity index (χ3v) is 5.92. The van der Waals surface area contributed by atoms with Gasteiger partial charge in [-0.15, -0.1) is 11.3 Å². The Hall–Kier alpha value is -1.23. The van der Waals surface area contributed by atoms with Gasteiger partial charge in [0.1, 0.15) is 4.88 Å². The van der Waals surface area contributed by atoms with Gasteiger partial charge in [-0.05, 0) is 38.0 Å². The van der Waals surface area contributed by atoms with Gasteiger partial charge in [-0.3, -0.25) is 4.79 Å². The summed E-state index contributed by atoms with van der Waals surface area (Å²) in [6.07, 6.45) is 4.93. The number of hydrogen-bond donors (Lipinski definition) is 2. The molecule has 1 aliphatic carbocycles. The Kier molecular flexibility index (Phi) is 4.11. The lowest BCUT2D eigenvalue weighted by Gasteiger charge is -2.18. The van der Waals surface area contributed by atoms with Crippen molar-refractivity contribution in [1.82, 2.24) is 5.32 Å². The van der Waals surface area contributed by atoms with Crippen LogP contribution in [0, 0.1) is 5.92 Å². The first-order chi connectivity index (χ1) is 10.2. The molecular weight excluding hydrogens is 282 g/mol. The number of nitrogens with one attached hydrogen (secondary N) is 1. The molecular formula is C16H25N3OS. The van der Waals surface area contributed by atoms with Crippen molar-refractivity contribution in [2.75, 3.05) is 30.3 Å². The van der Waals surface area contributed by atoms with Crippen LogP contribution in [0.3, 0.4) is 0 Å². The number of carbonyl (C=O) groups excluding carboxylic acids is 1. The summed E-state index contributed by atoms with van der Waals surface area (Å²) in [5.74, 6) is 1.35. The second kappa shape index (κ2) is 5.87. The highest BCUT2D eigenvalue weighted by Gasteiger charge is 2.36. The zero-order chi connectivity index (χ0) is 15.0. The van der Waals surface area contributed by atoms with E-state index in [4.69, 9.17) is 5.73 Å². The number of anilines is 2. The number of amides is 1. The van der Waals surface area contributed by atoms with Gasteiger partial charge in [-0.1, -0.05) is 13.3 Å². The van der Waals surface area contributed by atoms with E-state index in [1.165, 1.54) is 36.2 Å². The van der Waals surface area contributed by atoms with Crippen LogP contribution in [-0.4, -0.2) is 25.5 Å². The fourth-order valence-electron chi connectivity index (χ4n) is 3.21. The van der Waals surface area contributed by atoms with Crippen LogP contribution in [-0.2, 0) is 0 Å². The molecule has 5 heteroatoms. The van der Waals surface area contributed by atoms with Crippen molar-refractivity contribution >= 4 is 27.9 Å². The molecule has 1 unspecified atom stereocenters. The number of rotatable bonds is 5. The standard InChI is InChI=1S/C16H25N3OS/c1-3-10-7-8-19(9-10)16-12(11-5-6-11)13(17)14(21-16)15(20)18-4-2/h10-11H,3-9,17H2,1-2H3,(H,18,20). The zero-order valence-electron chi connectivity index (χ0n) is 12.9. The molecule has 4 nitrogen and oxygen atoms in total. The summed E-state index contributed by atoms with van der Waals surface area (Å²) in [5.41, 5.74) is 8.34. The Bertz CT molecular complexity index is 536. The molecule has 1 aromatic rings. The summed E-state index contributed by atoms with van der Waals surface area (Å²) in [6, 6.07) is 0. The lowest BCUT2D eigenvalue weighted by molar-refractivity contribution is 0.0960. The van der Waals surface area contributed by atoms with Gasteiger partial charge >= 0.3 is 0 Å². The maximum absolute atomic E-state index is 12.2. The van der Waals surface area contributed by atoms with Crippen molar-refractivity contribution in [3.63, 3.8) is 0 Å². The first-order valence-corrected chi connectivity index (χ1v) is 8.92. The van der Waals surface area contributed by atoms with E-state index in [1.54, 1.807) is 11.3 Å². The monoisotopic (exact) mass is 307 g/mol. The molecule has 1 saturated heterocycles. The molecule has 21 heavy (non-hydrogen) atoms. The Labute approximate surface area is 130 Å². The van der Waals surface area contributed by atoms with Crippen LogP contribution in [0.15, 0.2) is 0 Å². The number of nitrogens with zero attached hydrogens (tertiary/aromatic N) is 1. The van der Waals surface area contributed by atoms with Crippen molar-refractivity contribution in [1.29, 1.82) is 0 Å². The van der Waals surface area contributed by atoms with Crippen LogP contribution in [0.4, 0.5) is 10.7 Å². The van der Waals surface area contributed by atoms with Gasteiger partial charge in [0.25, 0.3) is 5.91 Å². The Balaban J connectivity index is 1.92. The minimum atomic E-state index is -0.0145. The van der Waals surface area contributed by atoms with Crippen molar-refractivity contribution in [2.45, 2.75) is 45.4 Å². The summed E-state index contributed by atoms with van der Waals surface area (Å²) in [6.45, 7) is 7.07. The molecule has 0 bridgehead atoms. The lowest BCUT2D eigenvalue weighted by atomic mass is 10.1. The van der Waals surface area contributed by atoms with E-state index in [1.807, 2.05) is 6.92 Å². The second-order valence-corrected chi connectivity index (χ2v) is 7.21. The van der Waals surface area contributed by atoms with Crippen LogP contribution < -0.4 is 16.0 Å². The number of nitrogens with two attached hydrogens (primary N) is 1. The van der Waals surface area contributed by atoms with Crippen molar-refractivity contribution < 1.29 is 4.79 Å². The Morgan fingerprint density at radius 1 is 1.38 bits per heavy atom. The van der Waals surface area contributed by atoms with Crippen LogP contribution in [0.25, 0.3) is 0 Å². The molecule has 1 aromatic heterocycles. The molecule has 2 heterocycles. The molecule has 116 valence electrons. The fraction of sp³-hybridized carbons (Fsp3) is 0.688. The first kappa shape index (κ1) is 14.7. The summed E-state index contributed by atoms with van der Waals surface area (Å²) < 4.78 is 0. The molecule has 1 saturated carbocycles. The average molecular weight is 307 g/mol. The Morgan fingerprint density at radius 3 is 2.71 bits per heavy atom. The molecule has 1 amide bonds. The lowest BCUT2D eigenvalue weighted by Crippen LogP contribution is -2.22. The molecule has 0 spiro atoms. The van der Waals surface area contributed by atoms with Crippen LogP contribution >= 0.6 is 11.3 Å². The molecule has 3 rings (SSSR count). The van der Waals surface area contributed by atoms with Gasteiger partial charge in [0.05, 0.1) is 10.7 Å². The third-order valence-electron chi connectivity index (χ3n) is 4.64. The average Bonchev–Trinajstić information content (AvgIpc) is 3.08. The number of carbonyl (C=O) groups is 1. The van der Waals surface area contributed by atoms with Crippen molar-refractivity contribution in [3.8, 4) is 0 Å². The van der Waals surface area contributed by atoms with Crippen LogP contribution in [0.1, 0.15) is 60.7 Å². The highest BCUT2D eigenvalue weighted by molar-refractivity contribution is 7.18. The summed E-state index contributed by atoms with van der Waals surface area (Å²) in [5, 5.41) is 4.16.